The molecule has 0 saturated heterocycles. The average Bonchev–Trinajstić information content (AvgIpc) is 2.62. The summed E-state index contributed by atoms with van der Waals surface area (Å²) in [5.74, 6) is -1.22. The van der Waals surface area contributed by atoms with E-state index >= 15 is 0 Å². The van der Waals surface area contributed by atoms with E-state index in [9.17, 15) is 14.4 Å². The number of pyridine rings is 1. The number of nitrogens with one attached hydrogen (secondary N) is 3. The fourth-order valence-electron chi connectivity index (χ4n) is 2.05. The summed E-state index contributed by atoms with van der Waals surface area (Å²) in [6.45, 7) is 1.73. The molecule has 8 nitrogen and oxygen atoms in total. The summed E-state index contributed by atoms with van der Waals surface area (Å²) >= 11 is 5.79. The number of aromatic amines is 1. The predicted octanol–water partition coefficient (Wildman–Crippen LogP) is 1.76. The molecule has 3 N–H and O–H groups in total. The van der Waals surface area contributed by atoms with E-state index in [-0.39, 0.29) is 30.0 Å². The van der Waals surface area contributed by atoms with Gasteiger partial charge in [0.2, 0.25) is 5.91 Å². The van der Waals surface area contributed by atoms with Crippen molar-refractivity contribution in [2.24, 2.45) is 0 Å². The number of rotatable bonds is 6. The number of nitrogens with zero attached hydrogens (tertiary/aromatic N) is 1. The lowest BCUT2D eigenvalue weighted by Gasteiger charge is -2.12. The number of aromatic nitrogens is 1. The molecule has 1 amide bonds. The molecule has 0 radical (unpaired) electrons. The Hall–Kier alpha value is -3.31. The lowest BCUT2D eigenvalue weighted by Crippen LogP contribution is -2.33. The predicted molar refractivity (Wildman–Crippen MR) is 94.7 cm³/mol. The number of nitriles is 1. The lowest BCUT2D eigenvalue weighted by atomic mass is 10.1. The first kappa shape index (κ1) is 19.0. The van der Waals surface area contributed by atoms with Gasteiger partial charge in [-0.1, -0.05) is 23.7 Å². The molecule has 2 rings (SSSR count). The number of hydrazine groups is 1. The van der Waals surface area contributed by atoms with E-state index in [0.29, 0.717) is 5.02 Å². The lowest BCUT2D eigenvalue weighted by molar-refractivity contribution is -0.119. The van der Waals surface area contributed by atoms with Crippen LogP contribution in [0, 0.1) is 11.3 Å². The van der Waals surface area contributed by atoms with Gasteiger partial charge in [-0.2, -0.15) is 5.26 Å². The largest absolute Gasteiger partial charge is 0.462 e. The maximum atomic E-state index is 12.0. The quantitative estimate of drug-likeness (QED) is 0.522. The number of halogens is 1. The van der Waals surface area contributed by atoms with Crippen molar-refractivity contribution in [2.75, 3.05) is 12.0 Å². The van der Waals surface area contributed by atoms with Gasteiger partial charge in [-0.25, -0.2) is 4.79 Å². The smallest absolute Gasteiger partial charge is 0.341 e. The van der Waals surface area contributed by atoms with Crippen LogP contribution < -0.4 is 16.4 Å². The highest BCUT2D eigenvalue weighted by Crippen LogP contribution is 2.13. The summed E-state index contributed by atoms with van der Waals surface area (Å²) in [5, 5.41) is 9.48. The second kappa shape index (κ2) is 8.69. The molecule has 1 heterocycles. The molecule has 26 heavy (non-hydrogen) atoms. The maximum absolute atomic E-state index is 12.0. The van der Waals surface area contributed by atoms with Crippen LogP contribution in [0.1, 0.15) is 28.4 Å². The molecule has 0 spiro atoms. The van der Waals surface area contributed by atoms with Gasteiger partial charge in [0, 0.05) is 5.02 Å². The zero-order valence-electron chi connectivity index (χ0n) is 13.8. The fourth-order valence-corrected chi connectivity index (χ4v) is 2.17. The van der Waals surface area contributed by atoms with Crippen LogP contribution >= 0.6 is 11.6 Å². The average molecular weight is 375 g/mol. The van der Waals surface area contributed by atoms with E-state index < -0.39 is 17.4 Å². The summed E-state index contributed by atoms with van der Waals surface area (Å²) < 4.78 is 4.89. The van der Waals surface area contributed by atoms with Crippen molar-refractivity contribution in [1.29, 1.82) is 5.26 Å². The van der Waals surface area contributed by atoms with Gasteiger partial charge < -0.3 is 9.72 Å². The Morgan fingerprint density at radius 3 is 2.62 bits per heavy atom. The van der Waals surface area contributed by atoms with Crippen molar-refractivity contribution in [1.82, 2.24) is 10.4 Å². The normalized spacial score (nSPS) is 9.88. The third-order valence-corrected chi connectivity index (χ3v) is 3.51. The van der Waals surface area contributed by atoms with E-state index in [1.54, 1.807) is 37.3 Å². The maximum Gasteiger partial charge on any atom is 0.341 e. The molecule has 9 heteroatoms. The second-order valence-corrected chi connectivity index (χ2v) is 5.55. The zero-order valence-corrected chi connectivity index (χ0v) is 14.5. The van der Waals surface area contributed by atoms with E-state index in [4.69, 9.17) is 21.6 Å². The van der Waals surface area contributed by atoms with Gasteiger partial charge in [0.25, 0.3) is 5.56 Å². The number of anilines is 1. The van der Waals surface area contributed by atoms with Crippen molar-refractivity contribution < 1.29 is 14.3 Å². The van der Waals surface area contributed by atoms with Gasteiger partial charge in [0.05, 0.1) is 13.0 Å². The molecule has 1 aromatic heterocycles. The topological polar surface area (TPSA) is 124 Å². The molecule has 2 aromatic rings. The third kappa shape index (κ3) is 4.84. The highest BCUT2D eigenvalue weighted by atomic mass is 35.5. The number of H-pyrrole nitrogens is 1. The molecular formula is C17H15ClN4O4. The van der Waals surface area contributed by atoms with Crippen molar-refractivity contribution in [3.63, 3.8) is 0 Å². The van der Waals surface area contributed by atoms with Crippen LogP contribution in [0.5, 0.6) is 0 Å². The second-order valence-electron chi connectivity index (χ2n) is 5.11. The molecule has 134 valence electrons. The SMILES string of the molecule is CCOC(=O)c1cc(C#N)c(=O)[nH]c1NNC(=O)Cc1ccc(Cl)cc1. The van der Waals surface area contributed by atoms with Crippen LogP contribution in [0.15, 0.2) is 35.1 Å². The summed E-state index contributed by atoms with van der Waals surface area (Å²) in [4.78, 5) is 38.1. The van der Waals surface area contributed by atoms with Crippen molar-refractivity contribution >= 4 is 29.3 Å². The molecule has 0 bridgehead atoms. The number of esters is 1. The monoisotopic (exact) mass is 374 g/mol. The molecule has 1 aromatic carbocycles. The Balaban J connectivity index is 2.14. The van der Waals surface area contributed by atoms with Gasteiger partial charge in [0.15, 0.2) is 0 Å². The first-order chi connectivity index (χ1) is 12.4. The Morgan fingerprint density at radius 2 is 2.00 bits per heavy atom. The van der Waals surface area contributed by atoms with E-state index in [1.807, 2.05) is 0 Å². The van der Waals surface area contributed by atoms with Gasteiger partial charge >= 0.3 is 5.97 Å². The summed E-state index contributed by atoms with van der Waals surface area (Å²) in [7, 11) is 0. The fraction of sp³-hybridized carbons (Fsp3) is 0.176. The van der Waals surface area contributed by atoms with E-state index in [0.717, 1.165) is 11.6 Å². The summed E-state index contributed by atoms with van der Waals surface area (Å²) in [5.41, 5.74) is 4.58. The Bertz CT molecular complexity index is 916. The number of ether oxygens (including phenoxy) is 1. The number of amides is 1. The standard InChI is InChI=1S/C17H15ClN4O4/c1-2-26-17(25)13-8-11(9-19)16(24)20-15(13)22-21-14(23)7-10-3-5-12(18)6-4-10/h3-6,8H,2,7H2,1H3,(H,21,23)(H2,20,22,24). The van der Waals surface area contributed by atoms with Crippen LogP contribution in [-0.4, -0.2) is 23.5 Å². The third-order valence-electron chi connectivity index (χ3n) is 3.26. The molecule has 0 aliphatic heterocycles. The van der Waals surface area contributed by atoms with Crippen molar-refractivity contribution in [2.45, 2.75) is 13.3 Å². The molecule has 0 unspecified atom stereocenters. The van der Waals surface area contributed by atoms with Crippen LogP contribution in [0.3, 0.4) is 0 Å². The number of benzene rings is 1. The number of hydrogen-bond donors (Lipinski definition) is 3. The van der Waals surface area contributed by atoms with Gasteiger partial charge in [-0.05, 0) is 30.7 Å². The summed E-state index contributed by atoms with van der Waals surface area (Å²) in [6, 6.07) is 9.52. The van der Waals surface area contributed by atoms with Crippen LogP contribution in [-0.2, 0) is 16.0 Å². The minimum atomic E-state index is -0.741. The number of carbonyl (C=O) groups is 2. The molecular weight excluding hydrogens is 360 g/mol. The Kier molecular flexibility index (Phi) is 6.36. The molecule has 0 fully saturated rings. The molecule has 0 atom stereocenters. The zero-order chi connectivity index (χ0) is 19.1. The molecule has 0 saturated carbocycles. The van der Waals surface area contributed by atoms with Crippen molar-refractivity contribution in [3.05, 3.63) is 62.4 Å². The Labute approximate surface area is 153 Å². The van der Waals surface area contributed by atoms with Crippen LogP contribution in [0.2, 0.25) is 5.02 Å². The first-order valence-corrected chi connectivity index (χ1v) is 7.96. The van der Waals surface area contributed by atoms with E-state index in [1.165, 1.54) is 0 Å². The Morgan fingerprint density at radius 1 is 1.31 bits per heavy atom. The van der Waals surface area contributed by atoms with Gasteiger partial charge in [-0.15, -0.1) is 0 Å². The highest BCUT2D eigenvalue weighted by molar-refractivity contribution is 6.30. The first-order valence-electron chi connectivity index (χ1n) is 7.58. The highest BCUT2D eigenvalue weighted by Gasteiger charge is 2.17. The van der Waals surface area contributed by atoms with Crippen molar-refractivity contribution in [3.8, 4) is 6.07 Å². The van der Waals surface area contributed by atoms with Gasteiger partial charge in [0.1, 0.15) is 23.0 Å². The van der Waals surface area contributed by atoms with Crippen LogP contribution in [0.4, 0.5) is 5.82 Å². The minimum absolute atomic E-state index is 0.0550. The molecule has 0 aliphatic rings. The van der Waals surface area contributed by atoms with E-state index in [2.05, 4.69) is 15.8 Å². The summed E-state index contributed by atoms with van der Waals surface area (Å²) in [6.07, 6.45) is 0.0550. The number of carbonyl (C=O) groups excluding carboxylic acids is 2. The van der Waals surface area contributed by atoms with Gasteiger partial charge in [-0.3, -0.25) is 20.4 Å². The number of hydrogen-bond acceptors (Lipinski definition) is 6. The minimum Gasteiger partial charge on any atom is -0.462 e. The molecule has 0 aliphatic carbocycles. The van der Waals surface area contributed by atoms with Crippen LogP contribution in [0.25, 0.3) is 0 Å².